The van der Waals surface area contributed by atoms with Crippen LogP contribution in [0.4, 0.5) is 10.5 Å². The van der Waals surface area contributed by atoms with Crippen LogP contribution in [0.15, 0.2) is 30.3 Å². The summed E-state index contributed by atoms with van der Waals surface area (Å²) in [5, 5.41) is 11.9. The largest absolute Gasteiger partial charge is 0.481 e. The molecule has 2 atom stereocenters. The first-order valence-corrected chi connectivity index (χ1v) is 8.49. The minimum absolute atomic E-state index is 0.208. The fourth-order valence-corrected chi connectivity index (χ4v) is 3.04. The molecule has 0 radical (unpaired) electrons. The van der Waals surface area contributed by atoms with Crippen molar-refractivity contribution in [3.8, 4) is 0 Å². The average Bonchev–Trinajstić information content (AvgIpc) is 2.60. The summed E-state index contributed by atoms with van der Waals surface area (Å²) in [6, 6.07) is 10.1. The van der Waals surface area contributed by atoms with Gasteiger partial charge in [0, 0.05) is 38.9 Å². The second kappa shape index (κ2) is 8.57. The van der Waals surface area contributed by atoms with Gasteiger partial charge in [0.05, 0.1) is 5.92 Å². The second-order valence-corrected chi connectivity index (χ2v) is 6.60. The van der Waals surface area contributed by atoms with Crippen molar-refractivity contribution in [2.45, 2.75) is 19.8 Å². The molecule has 0 spiro atoms. The van der Waals surface area contributed by atoms with Crippen molar-refractivity contribution in [2.24, 2.45) is 11.8 Å². The Kier molecular flexibility index (Phi) is 6.46. The lowest BCUT2D eigenvalue weighted by atomic mass is 9.97. The number of benzene rings is 1. The number of hydrogen-bond donors (Lipinski definition) is 2. The highest BCUT2D eigenvalue weighted by molar-refractivity contribution is 5.75. The molecule has 2 N–H and O–H groups in total. The van der Waals surface area contributed by atoms with Crippen molar-refractivity contribution in [1.82, 2.24) is 10.2 Å². The summed E-state index contributed by atoms with van der Waals surface area (Å²) in [4.78, 5) is 26.8. The fraction of sp³-hybridized carbons (Fsp3) is 0.556. The summed E-state index contributed by atoms with van der Waals surface area (Å²) in [6.45, 7) is 4.41. The maximum atomic E-state index is 12.1. The van der Waals surface area contributed by atoms with Crippen LogP contribution in [0.25, 0.3) is 0 Å². The van der Waals surface area contributed by atoms with Gasteiger partial charge in [0.2, 0.25) is 0 Å². The van der Waals surface area contributed by atoms with Crippen LogP contribution in [0.2, 0.25) is 0 Å². The quantitative estimate of drug-likeness (QED) is 0.837. The van der Waals surface area contributed by atoms with Crippen molar-refractivity contribution in [3.05, 3.63) is 30.3 Å². The minimum Gasteiger partial charge on any atom is -0.481 e. The molecule has 1 fully saturated rings. The number of piperidine rings is 1. The standard InChI is InChI=1S/C18H27N3O3/c1-14(17(22)23)12-20(2)18(24)19-11-15-7-6-10-21(13-15)16-8-4-3-5-9-16/h3-5,8-9,14-15H,6-7,10-13H2,1-2H3,(H,19,24)(H,22,23). The molecule has 0 aliphatic carbocycles. The first-order valence-electron chi connectivity index (χ1n) is 8.49. The number of aliphatic carboxylic acids is 1. The Morgan fingerprint density at radius 2 is 2.08 bits per heavy atom. The molecule has 0 bridgehead atoms. The number of para-hydroxylation sites is 1. The highest BCUT2D eigenvalue weighted by Gasteiger charge is 2.22. The Bertz CT molecular complexity index is 550. The van der Waals surface area contributed by atoms with Crippen LogP contribution < -0.4 is 10.2 Å². The molecule has 6 heteroatoms. The lowest BCUT2D eigenvalue weighted by molar-refractivity contribution is -0.141. The van der Waals surface area contributed by atoms with Crippen molar-refractivity contribution in [3.63, 3.8) is 0 Å². The fourth-order valence-electron chi connectivity index (χ4n) is 3.04. The van der Waals surface area contributed by atoms with Crippen molar-refractivity contribution in [1.29, 1.82) is 0 Å². The molecule has 1 aromatic rings. The zero-order valence-corrected chi connectivity index (χ0v) is 14.4. The molecule has 1 heterocycles. The van der Waals surface area contributed by atoms with Gasteiger partial charge in [-0.1, -0.05) is 25.1 Å². The van der Waals surface area contributed by atoms with Crippen molar-refractivity contribution >= 4 is 17.7 Å². The average molecular weight is 333 g/mol. The first-order chi connectivity index (χ1) is 11.5. The Labute approximate surface area is 143 Å². The van der Waals surface area contributed by atoms with Gasteiger partial charge in [0.25, 0.3) is 0 Å². The molecule has 1 aliphatic rings. The van der Waals surface area contributed by atoms with Gasteiger partial charge in [-0.3, -0.25) is 4.79 Å². The first kappa shape index (κ1) is 18.1. The number of carboxylic acids is 1. The van der Waals surface area contributed by atoms with Crippen LogP contribution in [-0.2, 0) is 4.79 Å². The van der Waals surface area contributed by atoms with E-state index in [0.29, 0.717) is 12.5 Å². The van der Waals surface area contributed by atoms with Crippen LogP contribution in [0.3, 0.4) is 0 Å². The number of hydrogen-bond acceptors (Lipinski definition) is 3. The van der Waals surface area contributed by atoms with Gasteiger partial charge in [-0.15, -0.1) is 0 Å². The summed E-state index contributed by atoms with van der Waals surface area (Å²) in [5.74, 6) is -1.04. The monoisotopic (exact) mass is 333 g/mol. The van der Waals surface area contributed by atoms with E-state index >= 15 is 0 Å². The normalized spacial score (nSPS) is 18.8. The lowest BCUT2D eigenvalue weighted by Crippen LogP contribution is -2.45. The maximum absolute atomic E-state index is 12.1. The van der Waals surface area contributed by atoms with E-state index in [1.54, 1.807) is 14.0 Å². The van der Waals surface area contributed by atoms with E-state index in [1.807, 2.05) is 18.2 Å². The number of carbonyl (C=O) groups excluding carboxylic acids is 1. The number of anilines is 1. The Balaban J connectivity index is 1.79. The molecule has 24 heavy (non-hydrogen) atoms. The third-order valence-corrected chi connectivity index (χ3v) is 4.50. The van der Waals surface area contributed by atoms with Crippen LogP contribution >= 0.6 is 0 Å². The van der Waals surface area contributed by atoms with Crippen LogP contribution in [0.5, 0.6) is 0 Å². The number of nitrogens with zero attached hydrogens (tertiary/aromatic N) is 2. The van der Waals surface area contributed by atoms with E-state index in [4.69, 9.17) is 5.11 Å². The highest BCUT2D eigenvalue weighted by atomic mass is 16.4. The Hall–Kier alpha value is -2.24. The van der Waals surface area contributed by atoms with Gasteiger partial charge < -0.3 is 20.2 Å². The molecule has 0 saturated carbocycles. The predicted molar refractivity (Wildman–Crippen MR) is 94.2 cm³/mol. The van der Waals surface area contributed by atoms with Crippen molar-refractivity contribution in [2.75, 3.05) is 38.1 Å². The van der Waals surface area contributed by atoms with Crippen LogP contribution in [-0.4, -0.2) is 55.2 Å². The number of carbonyl (C=O) groups is 2. The molecular weight excluding hydrogens is 306 g/mol. The number of nitrogens with one attached hydrogen (secondary N) is 1. The summed E-state index contributed by atoms with van der Waals surface area (Å²) in [5.41, 5.74) is 1.22. The Morgan fingerprint density at radius 3 is 2.75 bits per heavy atom. The van der Waals surface area contributed by atoms with E-state index in [1.165, 1.54) is 10.6 Å². The molecular formula is C18H27N3O3. The molecule has 2 unspecified atom stereocenters. The van der Waals surface area contributed by atoms with Crippen molar-refractivity contribution < 1.29 is 14.7 Å². The van der Waals surface area contributed by atoms with Gasteiger partial charge in [-0.2, -0.15) is 0 Å². The van der Waals surface area contributed by atoms with Gasteiger partial charge in [0.1, 0.15) is 0 Å². The molecule has 6 nitrogen and oxygen atoms in total. The molecule has 2 rings (SSSR count). The lowest BCUT2D eigenvalue weighted by Gasteiger charge is -2.34. The maximum Gasteiger partial charge on any atom is 0.317 e. The highest BCUT2D eigenvalue weighted by Crippen LogP contribution is 2.22. The van der Waals surface area contributed by atoms with Gasteiger partial charge >= 0.3 is 12.0 Å². The molecule has 0 aromatic heterocycles. The summed E-state index contributed by atoms with van der Waals surface area (Å²) < 4.78 is 0. The molecule has 2 amide bonds. The topological polar surface area (TPSA) is 72.9 Å². The van der Waals surface area contributed by atoms with E-state index in [9.17, 15) is 9.59 Å². The van der Waals surface area contributed by atoms with Gasteiger partial charge in [-0.05, 0) is 30.9 Å². The summed E-state index contributed by atoms with van der Waals surface area (Å²) >= 11 is 0. The van der Waals surface area contributed by atoms with Gasteiger partial charge in [-0.25, -0.2) is 4.79 Å². The second-order valence-electron chi connectivity index (χ2n) is 6.60. The minimum atomic E-state index is -0.888. The summed E-state index contributed by atoms with van der Waals surface area (Å²) in [7, 11) is 1.63. The SMILES string of the molecule is CC(CN(C)C(=O)NCC1CCCN(c2ccccc2)C1)C(=O)O. The number of carboxylic acid groups (broad SMARTS) is 1. The molecule has 1 saturated heterocycles. The van der Waals surface area contributed by atoms with Gasteiger partial charge in [0.15, 0.2) is 0 Å². The molecule has 132 valence electrons. The predicted octanol–water partition coefficient (Wildman–Crippen LogP) is 2.27. The third kappa shape index (κ3) is 5.15. The third-order valence-electron chi connectivity index (χ3n) is 4.50. The number of amides is 2. The van der Waals surface area contributed by atoms with E-state index in [0.717, 1.165) is 25.9 Å². The van der Waals surface area contributed by atoms with E-state index < -0.39 is 11.9 Å². The van der Waals surface area contributed by atoms with E-state index in [-0.39, 0.29) is 12.6 Å². The summed E-state index contributed by atoms with van der Waals surface area (Å²) in [6.07, 6.45) is 2.21. The van der Waals surface area contributed by atoms with Crippen LogP contribution in [0.1, 0.15) is 19.8 Å². The zero-order valence-electron chi connectivity index (χ0n) is 14.4. The molecule has 1 aromatic carbocycles. The smallest absolute Gasteiger partial charge is 0.317 e. The zero-order chi connectivity index (χ0) is 17.5. The number of urea groups is 1. The molecule has 1 aliphatic heterocycles. The Morgan fingerprint density at radius 1 is 1.38 bits per heavy atom. The number of rotatable bonds is 6. The van der Waals surface area contributed by atoms with Crippen LogP contribution in [0, 0.1) is 11.8 Å². The van der Waals surface area contributed by atoms with E-state index in [2.05, 4.69) is 22.3 Å².